The summed E-state index contributed by atoms with van der Waals surface area (Å²) in [6, 6.07) is 6.25. The SMILES string of the molecule is Cc1ccc(Nc2onc(C)c2CCCl)c(C)c1. The third-order valence-corrected chi connectivity index (χ3v) is 3.15. The highest BCUT2D eigenvalue weighted by atomic mass is 35.5. The van der Waals surface area contributed by atoms with E-state index in [-0.39, 0.29) is 0 Å². The van der Waals surface area contributed by atoms with Crippen LogP contribution in [0.5, 0.6) is 0 Å². The first-order valence-corrected chi connectivity index (χ1v) is 6.50. The zero-order chi connectivity index (χ0) is 13.1. The van der Waals surface area contributed by atoms with E-state index in [4.69, 9.17) is 16.1 Å². The Morgan fingerprint density at radius 1 is 1.28 bits per heavy atom. The largest absolute Gasteiger partial charge is 0.338 e. The van der Waals surface area contributed by atoms with Crippen LogP contribution in [0.3, 0.4) is 0 Å². The smallest absolute Gasteiger partial charge is 0.232 e. The molecule has 0 saturated carbocycles. The number of nitrogens with one attached hydrogen (secondary N) is 1. The van der Waals surface area contributed by atoms with Crippen LogP contribution in [0, 0.1) is 20.8 Å². The Balaban J connectivity index is 2.28. The van der Waals surface area contributed by atoms with E-state index in [0.717, 1.165) is 23.4 Å². The van der Waals surface area contributed by atoms with Gasteiger partial charge in [0.1, 0.15) is 0 Å². The van der Waals surface area contributed by atoms with Gasteiger partial charge in [-0.2, -0.15) is 0 Å². The molecule has 0 bridgehead atoms. The normalized spacial score (nSPS) is 10.7. The van der Waals surface area contributed by atoms with Crippen molar-refractivity contribution in [3.8, 4) is 0 Å². The van der Waals surface area contributed by atoms with Gasteiger partial charge in [-0.05, 0) is 38.8 Å². The summed E-state index contributed by atoms with van der Waals surface area (Å²) in [5, 5.41) is 7.27. The molecule has 1 aromatic carbocycles. The highest BCUT2D eigenvalue weighted by Gasteiger charge is 2.13. The van der Waals surface area contributed by atoms with Crippen LogP contribution in [-0.4, -0.2) is 11.0 Å². The van der Waals surface area contributed by atoms with Crippen LogP contribution < -0.4 is 5.32 Å². The predicted octanol–water partition coefficient (Wildman–Crippen LogP) is 4.12. The molecule has 0 atom stereocenters. The fourth-order valence-corrected chi connectivity index (χ4v) is 2.14. The lowest BCUT2D eigenvalue weighted by molar-refractivity contribution is 0.429. The minimum absolute atomic E-state index is 0.559. The average molecular weight is 265 g/mol. The van der Waals surface area contributed by atoms with Gasteiger partial charge in [0.05, 0.1) is 5.69 Å². The summed E-state index contributed by atoms with van der Waals surface area (Å²) < 4.78 is 5.32. The van der Waals surface area contributed by atoms with Gasteiger partial charge in [-0.15, -0.1) is 11.6 Å². The Hall–Kier alpha value is -1.48. The standard InChI is InChI=1S/C14H17ClN2O/c1-9-4-5-13(10(2)8-9)16-14-12(6-7-15)11(3)17-18-14/h4-5,8,16H,6-7H2,1-3H3. The highest BCUT2D eigenvalue weighted by Crippen LogP contribution is 2.26. The van der Waals surface area contributed by atoms with Gasteiger partial charge in [0.25, 0.3) is 0 Å². The molecule has 0 aliphatic rings. The molecule has 18 heavy (non-hydrogen) atoms. The first kappa shape index (κ1) is 13.0. The van der Waals surface area contributed by atoms with Gasteiger partial charge >= 0.3 is 0 Å². The number of alkyl halides is 1. The number of nitrogens with zero attached hydrogens (tertiary/aromatic N) is 1. The van der Waals surface area contributed by atoms with Crippen molar-refractivity contribution in [2.24, 2.45) is 0 Å². The van der Waals surface area contributed by atoms with Crippen LogP contribution >= 0.6 is 11.6 Å². The molecule has 1 aromatic heterocycles. The quantitative estimate of drug-likeness (QED) is 0.844. The van der Waals surface area contributed by atoms with Crippen molar-refractivity contribution in [3.63, 3.8) is 0 Å². The van der Waals surface area contributed by atoms with E-state index in [1.807, 2.05) is 13.0 Å². The maximum absolute atomic E-state index is 5.79. The fourth-order valence-electron chi connectivity index (χ4n) is 1.95. The van der Waals surface area contributed by atoms with Crippen molar-refractivity contribution in [2.45, 2.75) is 27.2 Å². The molecular weight excluding hydrogens is 248 g/mol. The Labute approximate surface area is 112 Å². The number of halogens is 1. The van der Waals surface area contributed by atoms with Gasteiger partial charge in [0.2, 0.25) is 5.88 Å². The molecule has 0 aliphatic heterocycles. The Kier molecular flexibility index (Phi) is 3.92. The minimum atomic E-state index is 0.559. The molecule has 0 aliphatic carbocycles. The summed E-state index contributed by atoms with van der Waals surface area (Å²) in [5.41, 5.74) is 5.40. The Morgan fingerprint density at radius 3 is 2.72 bits per heavy atom. The van der Waals surface area contributed by atoms with E-state index in [1.165, 1.54) is 11.1 Å². The molecule has 1 N–H and O–H groups in total. The van der Waals surface area contributed by atoms with E-state index in [2.05, 4.69) is 36.5 Å². The molecule has 0 unspecified atom stereocenters. The second-order valence-electron chi connectivity index (χ2n) is 4.46. The number of aromatic nitrogens is 1. The molecule has 0 saturated heterocycles. The van der Waals surface area contributed by atoms with Crippen molar-refractivity contribution < 1.29 is 4.52 Å². The van der Waals surface area contributed by atoms with Gasteiger partial charge in [-0.3, -0.25) is 0 Å². The van der Waals surface area contributed by atoms with Gasteiger partial charge in [-0.25, -0.2) is 0 Å². The summed E-state index contributed by atoms with van der Waals surface area (Å²) in [7, 11) is 0. The van der Waals surface area contributed by atoms with Gasteiger partial charge in [0.15, 0.2) is 0 Å². The first-order valence-electron chi connectivity index (χ1n) is 5.97. The van der Waals surface area contributed by atoms with Gasteiger partial charge in [-0.1, -0.05) is 22.9 Å². The second kappa shape index (κ2) is 5.44. The molecule has 2 rings (SSSR count). The maximum Gasteiger partial charge on any atom is 0.232 e. The highest BCUT2D eigenvalue weighted by molar-refractivity contribution is 6.18. The van der Waals surface area contributed by atoms with E-state index >= 15 is 0 Å². The molecule has 0 amide bonds. The first-order chi connectivity index (χ1) is 8.61. The lowest BCUT2D eigenvalue weighted by Gasteiger charge is -2.08. The van der Waals surface area contributed by atoms with Crippen LogP contribution in [0.4, 0.5) is 11.6 Å². The minimum Gasteiger partial charge on any atom is -0.338 e. The van der Waals surface area contributed by atoms with Crippen LogP contribution in [0.25, 0.3) is 0 Å². The summed E-state index contributed by atoms with van der Waals surface area (Å²) in [6.07, 6.45) is 0.754. The Bertz CT molecular complexity index is 549. The summed E-state index contributed by atoms with van der Waals surface area (Å²) in [5.74, 6) is 1.25. The van der Waals surface area contributed by atoms with Crippen molar-refractivity contribution >= 4 is 23.2 Å². The molecule has 2 aromatic rings. The topological polar surface area (TPSA) is 38.1 Å². The van der Waals surface area contributed by atoms with Crippen LogP contribution in [0.15, 0.2) is 22.7 Å². The third-order valence-electron chi connectivity index (χ3n) is 2.96. The molecule has 1 heterocycles. The predicted molar refractivity (Wildman–Crippen MR) is 74.9 cm³/mol. The number of anilines is 2. The summed E-state index contributed by atoms with van der Waals surface area (Å²) in [6.45, 7) is 6.08. The molecule has 4 heteroatoms. The zero-order valence-electron chi connectivity index (χ0n) is 10.9. The molecular formula is C14H17ClN2O. The van der Waals surface area contributed by atoms with Gasteiger partial charge in [0, 0.05) is 17.1 Å². The lowest BCUT2D eigenvalue weighted by atomic mass is 10.1. The average Bonchev–Trinajstić information content (AvgIpc) is 2.66. The zero-order valence-corrected chi connectivity index (χ0v) is 11.6. The van der Waals surface area contributed by atoms with Crippen LogP contribution in [0.1, 0.15) is 22.4 Å². The number of hydrogen-bond acceptors (Lipinski definition) is 3. The monoisotopic (exact) mass is 264 g/mol. The van der Waals surface area contributed by atoms with Crippen molar-refractivity contribution in [1.29, 1.82) is 0 Å². The molecule has 0 fully saturated rings. The Morgan fingerprint density at radius 2 is 2.06 bits per heavy atom. The van der Waals surface area contributed by atoms with E-state index < -0.39 is 0 Å². The summed E-state index contributed by atoms with van der Waals surface area (Å²) in [4.78, 5) is 0. The lowest BCUT2D eigenvalue weighted by Crippen LogP contribution is -1.97. The molecule has 96 valence electrons. The van der Waals surface area contributed by atoms with E-state index in [9.17, 15) is 0 Å². The van der Waals surface area contributed by atoms with Crippen molar-refractivity contribution in [3.05, 3.63) is 40.6 Å². The molecule has 0 radical (unpaired) electrons. The molecule has 0 spiro atoms. The fraction of sp³-hybridized carbons (Fsp3) is 0.357. The van der Waals surface area contributed by atoms with E-state index in [1.54, 1.807) is 0 Å². The third kappa shape index (κ3) is 2.67. The molecule has 3 nitrogen and oxygen atoms in total. The van der Waals surface area contributed by atoms with Gasteiger partial charge < -0.3 is 9.84 Å². The number of benzene rings is 1. The maximum atomic E-state index is 5.79. The number of aryl methyl sites for hydroxylation is 3. The van der Waals surface area contributed by atoms with Crippen molar-refractivity contribution in [2.75, 3.05) is 11.2 Å². The van der Waals surface area contributed by atoms with E-state index in [0.29, 0.717) is 11.8 Å². The summed E-state index contributed by atoms with van der Waals surface area (Å²) >= 11 is 5.79. The number of hydrogen-bond donors (Lipinski definition) is 1. The van der Waals surface area contributed by atoms with Crippen molar-refractivity contribution in [1.82, 2.24) is 5.16 Å². The van der Waals surface area contributed by atoms with Crippen LogP contribution in [0.2, 0.25) is 0 Å². The van der Waals surface area contributed by atoms with Crippen LogP contribution in [-0.2, 0) is 6.42 Å². The number of rotatable bonds is 4. The second-order valence-corrected chi connectivity index (χ2v) is 4.84.